The summed E-state index contributed by atoms with van der Waals surface area (Å²) in [6.07, 6.45) is 3.82. The van der Waals surface area contributed by atoms with Gasteiger partial charge in [0.15, 0.2) is 15.7 Å². The van der Waals surface area contributed by atoms with E-state index in [1.807, 2.05) is 13.8 Å². The quantitative estimate of drug-likeness (QED) is 0.579. The van der Waals surface area contributed by atoms with Crippen molar-refractivity contribution < 1.29 is 13.5 Å². The van der Waals surface area contributed by atoms with Gasteiger partial charge in [-0.15, -0.1) is 0 Å². The summed E-state index contributed by atoms with van der Waals surface area (Å²) in [4.78, 5) is 8.98. The van der Waals surface area contributed by atoms with Crippen LogP contribution >= 0.6 is 0 Å². The van der Waals surface area contributed by atoms with Crippen LogP contribution in [0.3, 0.4) is 0 Å². The maximum atomic E-state index is 11.9. The summed E-state index contributed by atoms with van der Waals surface area (Å²) in [6.45, 7) is 4.37. The highest BCUT2D eigenvalue weighted by molar-refractivity contribution is 7.90. The van der Waals surface area contributed by atoms with E-state index in [0.29, 0.717) is 30.8 Å². The number of aromatic nitrogens is 6. The van der Waals surface area contributed by atoms with Crippen LogP contribution in [0, 0.1) is 5.41 Å². The smallest absolute Gasteiger partial charge is 0.181 e. The zero-order chi connectivity index (χ0) is 20.4. The molecule has 3 rings (SSSR count). The van der Waals surface area contributed by atoms with Crippen LogP contribution in [0.15, 0.2) is 35.5 Å². The molecule has 0 unspecified atom stereocenters. The molecular formula is C18H24N6O3S. The summed E-state index contributed by atoms with van der Waals surface area (Å²) in [7, 11) is -3.32. The number of H-pyrrole nitrogens is 1. The Morgan fingerprint density at radius 3 is 2.68 bits per heavy atom. The first-order valence-corrected chi connectivity index (χ1v) is 10.8. The predicted molar refractivity (Wildman–Crippen MR) is 103 cm³/mol. The van der Waals surface area contributed by atoms with Crippen LogP contribution in [0.4, 0.5) is 0 Å². The Hall–Kier alpha value is -2.59. The second-order valence-electron chi connectivity index (χ2n) is 7.56. The second kappa shape index (κ2) is 7.80. The van der Waals surface area contributed by atoms with Gasteiger partial charge in [0.2, 0.25) is 0 Å². The van der Waals surface area contributed by atoms with Gasteiger partial charge in [0.1, 0.15) is 18.0 Å². The fourth-order valence-corrected chi connectivity index (χ4v) is 3.38. The Morgan fingerprint density at radius 1 is 1.25 bits per heavy atom. The van der Waals surface area contributed by atoms with E-state index in [9.17, 15) is 13.5 Å². The van der Waals surface area contributed by atoms with Crippen LogP contribution < -0.4 is 0 Å². The molecule has 3 aromatic rings. The lowest BCUT2D eigenvalue weighted by Gasteiger charge is -2.22. The number of nitrogens with one attached hydrogen (secondary N) is 1. The molecule has 0 aliphatic rings. The molecule has 2 heterocycles. The largest absolute Gasteiger partial charge is 0.396 e. The SMILES string of the molecule is CC(C)(CO)Cn1nc(-c2cccc(S(C)(=O)=O)c2)nc1CCc1ncn[nH]1. The Labute approximate surface area is 163 Å². The lowest BCUT2D eigenvalue weighted by molar-refractivity contribution is 0.135. The van der Waals surface area contributed by atoms with Crippen molar-refractivity contribution in [2.75, 3.05) is 12.9 Å². The standard InChI is InChI=1S/C18H24N6O3S/c1-18(2,11-25)10-24-16(8-7-15-19-12-20-22-15)21-17(23-24)13-5-4-6-14(9-13)28(3,26)27/h4-6,9,12,25H,7-8,10-11H2,1-3H3,(H,19,20,22). The van der Waals surface area contributed by atoms with E-state index in [1.54, 1.807) is 28.9 Å². The van der Waals surface area contributed by atoms with Crippen molar-refractivity contribution in [1.82, 2.24) is 29.9 Å². The predicted octanol–water partition coefficient (Wildman–Crippen LogP) is 1.27. The van der Waals surface area contributed by atoms with E-state index in [2.05, 4.69) is 25.3 Å². The molecule has 0 fully saturated rings. The van der Waals surface area contributed by atoms with Crippen molar-refractivity contribution in [3.63, 3.8) is 0 Å². The molecule has 0 amide bonds. The maximum absolute atomic E-state index is 11.9. The van der Waals surface area contributed by atoms with Gasteiger partial charge in [0, 0.05) is 36.7 Å². The number of rotatable bonds is 8. The van der Waals surface area contributed by atoms with Crippen LogP contribution in [0.1, 0.15) is 25.5 Å². The summed E-state index contributed by atoms with van der Waals surface area (Å²) in [5.74, 6) is 1.93. The molecule has 0 bridgehead atoms. The van der Waals surface area contributed by atoms with Crippen molar-refractivity contribution in [1.29, 1.82) is 0 Å². The summed E-state index contributed by atoms with van der Waals surface area (Å²) in [6, 6.07) is 6.59. The number of aliphatic hydroxyl groups excluding tert-OH is 1. The van der Waals surface area contributed by atoms with E-state index in [-0.39, 0.29) is 16.9 Å². The van der Waals surface area contributed by atoms with Crippen LogP contribution in [-0.2, 0) is 29.2 Å². The normalized spacial score (nSPS) is 12.4. The number of aryl methyl sites for hydroxylation is 2. The fraction of sp³-hybridized carbons (Fsp3) is 0.444. The molecule has 0 atom stereocenters. The molecule has 0 aliphatic carbocycles. The van der Waals surface area contributed by atoms with Gasteiger partial charge in [-0.2, -0.15) is 10.2 Å². The monoisotopic (exact) mass is 404 g/mol. The van der Waals surface area contributed by atoms with E-state index in [0.717, 1.165) is 11.6 Å². The second-order valence-corrected chi connectivity index (χ2v) is 9.58. The van der Waals surface area contributed by atoms with Gasteiger partial charge in [-0.25, -0.2) is 23.1 Å². The summed E-state index contributed by atoms with van der Waals surface area (Å²) in [5, 5.41) is 20.9. The zero-order valence-electron chi connectivity index (χ0n) is 16.1. The molecule has 0 aliphatic heterocycles. The average molecular weight is 404 g/mol. The first kappa shape index (κ1) is 20.2. The zero-order valence-corrected chi connectivity index (χ0v) is 16.9. The molecule has 0 spiro atoms. The third-order valence-electron chi connectivity index (χ3n) is 4.32. The number of nitrogens with zero attached hydrogens (tertiary/aromatic N) is 5. The van der Waals surface area contributed by atoms with Crippen molar-refractivity contribution in [3.05, 3.63) is 42.2 Å². The van der Waals surface area contributed by atoms with Crippen LogP contribution in [-0.4, -0.2) is 56.3 Å². The minimum absolute atomic E-state index is 0.00724. The Kier molecular flexibility index (Phi) is 5.61. The van der Waals surface area contributed by atoms with Gasteiger partial charge < -0.3 is 5.11 Å². The molecule has 10 heteroatoms. The number of aromatic amines is 1. The average Bonchev–Trinajstić information content (AvgIpc) is 3.29. The number of sulfone groups is 1. The molecule has 2 N–H and O–H groups in total. The molecule has 28 heavy (non-hydrogen) atoms. The highest BCUT2D eigenvalue weighted by Crippen LogP contribution is 2.23. The summed E-state index contributed by atoms with van der Waals surface area (Å²) in [5.41, 5.74) is 0.255. The number of benzene rings is 1. The number of hydrogen-bond donors (Lipinski definition) is 2. The highest BCUT2D eigenvalue weighted by atomic mass is 32.2. The topological polar surface area (TPSA) is 127 Å². The third-order valence-corrected chi connectivity index (χ3v) is 5.44. The van der Waals surface area contributed by atoms with Crippen molar-refractivity contribution >= 4 is 9.84 Å². The lowest BCUT2D eigenvalue weighted by Crippen LogP contribution is -2.25. The molecule has 2 aromatic heterocycles. The molecule has 0 saturated heterocycles. The number of hydrogen-bond acceptors (Lipinski definition) is 7. The van der Waals surface area contributed by atoms with E-state index >= 15 is 0 Å². The Morgan fingerprint density at radius 2 is 2.04 bits per heavy atom. The highest BCUT2D eigenvalue weighted by Gasteiger charge is 2.22. The maximum Gasteiger partial charge on any atom is 0.181 e. The molecule has 9 nitrogen and oxygen atoms in total. The van der Waals surface area contributed by atoms with Crippen molar-refractivity contribution in [2.24, 2.45) is 5.41 Å². The van der Waals surface area contributed by atoms with Gasteiger partial charge in [-0.1, -0.05) is 26.0 Å². The molecule has 0 radical (unpaired) electrons. The first-order valence-electron chi connectivity index (χ1n) is 8.87. The molecule has 150 valence electrons. The molecule has 0 saturated carbocycles. The van der Waals surface area contributed by atoms with Crippen LogP contribution in [0.2, 0.25) is 0 Å². The van der Waals surface area contributed by atoms with Gasteiger partial charge in [0.05, 0.1) is 11.4 Å². The lowest BCUT2D eigenvalue weighted by atomic mass is 9.95. The minimum atomic E-state index is -3.32. The first-order chi connectivity index (χ1) is 13.2. The van der Waals surface area contributed by atoms with Gasteiger partial charge in [-0.3, -0.25) is 5.10 Å². The Balaban J connectivity index is 1.96. The molecule has 1 aromatic carbocycles. The minimum Gasteiger partial charge on any atom is -0.396 e. The van der Waals surface area contributed by atoms with Gasteiger partial charge in [0.25, 0.3) is 0 Å². The van der Waals surface area contributed by atoms with Crippen molar-refractivity contribution in [3.8, 4) is 11.4 Å². The molecular weight excluding hydrogens is 380 g/mol. The fourth-order valence-electron chi connectivity index (χ4n) is 2.71. The van der Waals surface area contributed by atoms with E-state index < -0.39 is 9.84 Å². The van der Waals surface area contributed by atoms with Crippen LogP contribution in [0.25, 0.3) is 11.4 Å². The third kappa shape index (κ3) is 4.82. The van der Waals surface area contributed by atoms with Crippen LogP contribution in [0.5, 0.6) is 0 Å². The van der Waals surface area contributed by atoms with E-state index in [4.69, 9.17) is 0 Å². The summed E-state index contributed by atoms with van der Waals surface area (Å²) >= 11 is 0. The Bertz CT molecular complexity index is 1040. The van der Waals surface area contributed by atoms with Crippen molar-refractivity contribution in [2.45, 2.75) is 38.1 Å². The number of aliphatic hydroxyl groups is 1. The summed E-state index contributed by atoms with van der Waals surface area (Å²) < 4.78 is 25.5. The van der Waals surface area contributed by atoms with Gasteiger partial charge in [-0.05, 0) is 12.1 Å². The van der Waals surface area contributed by atoms with Gasteiger partial charge >= 0.3 is 0 Å². The van der Waals surface area contributed by atoms with E-state index in [1.165, 1.54) is 12.6 Å².